The summed E-state index contributed by atoms with van der Waals surface area (Å²) in [7, 11) is 0. The Labute approximate surface area is 88.5 Å². The summed E-state index contributed by atoms with van der Waals surface area (Å²) in [6.07, 6.45) is -0.511. The number of benzene rings is 1. The zero-order chi connectivity index (χ0) is 9.97. The van der Waals surface area contributed by atoms with Crippen LogP contribution in [0.25, 0.3) is 0 Å². The smallest absolute Gasteiger partial charge is 0.0912 e. The molecule has 0 radical (unpaired) electrons. The molecular formula is C11H15NOS. The standard InChI is InChI=1S/C11H15NOS/c12-5-11(13)9-3-1-2-8(4-9)10-6-14-7-10/h1-4,10-11,13H,5-7,12H2. The van der Waals surface area contributed by atoms with Crippen LogP contribution in [0.2, 0.25) is 0 Å². The summed E-state index contributed by atoms with van der Waals surface area (Å²) in [5, 5.41) is 9.60. The predicted molar refractivity (Wildman–Crippen MR) is 60.5 cm³/mol. The number of aliphatic hydroxyl groups excluding tert-OH is 1. The highest BCUT2D eigenvalue weighted by molar-refractivity contribution is 8.00. The summed E-state index contributed by atoms with van der Waals surface area (Å²) < 4.78 is 0. The Morgan fingerprint density at radius 2 is 2.29 bits per heavy atom. The number of aliphatic hydroxyl groups is 1. The van der Waals surface area contributed by atoms with Crippen molar-refractivity contribution in [1.82, 2.24) is 0 Å². The molecule has 1 aromatic rings. The Kier molecular flexibility index (Phi) is 3.11. The Balaban J connectivity index is 2.17. The van der Waals surface area contributed by atoms with Crippen molar-refractivity contribution in [3.8, 4) is 0 Å². The molecule has 1 fully saturated rings. The number of rotatable bonds is 3. The fourth-order valence-electron chi connectivity index (χ4n) is 1.58. The zero-order valence-corrected chi connectivity index (χ0v) is 8.83. The van der Waals surface area contributed by atoms with Crippen molar-refractivity contribution in [3.05, 3.63) is 35.4 Å². The molecule has 1 saturated heterocycles. The van der Waals surface area contributed by atoms with E-state index in [1.54, 1.807) is 0 Å². The third kappa shape index (κ3) is 1.95. The van der Waals surface area contributed by atoms with Gasteiger partial charge < -0.3 is 10.8 Å². The number of hydrogen-bond donors (Lipinski definition) is 2. The van der Waals surface area contributed by atoms with Crippen molar-refractivity contribution in [2.75, 3.05) is 18.1 Å². The second-order valence-corrected chi connectivity index (χ2v) is 4.73. The SMILES string of the molecule is NCC(O)c1cccc(C2CSC2)c1. The maximum absolute atomic E-state index is 9.60. The van der Waals surface area contributed by atoms with E-state index in [2.05, 4.69) is 12.1 Å². The van der Waals surface area contributed by atoms with Crippen molar-refractivity contribution in [3.63, 3.8) is 0 Å². The summed E-state index contributed by atoms with van der Waals surface area (Å²) in [6.45, 7) is 0.295. The molecule has 14 heavy (non-hydrogen) atoms. The lowest BCUT2D eigenvalue weighted by Gasteiger charge is -2.26. The van der Waals surface area contributed by atoms with Crippen LogP contribution in [-0.2, 0) is 0 Å². The largest absolute Gasteiger partial charge is 0.387 e. The van der Waals surface area contributed by atoms with E-state index in [1.807, 2.05) is 23.9 Å². The predicted octanol–water partition coefficient (Wildman–Crippen LogP) is 1.51. The van der Waals surface area contributed by atoms with Crippen LogP contribution in [0.5, 0.6) is 0 Å². The quantitative estimate of drug-likeness (QED) is 0.793. The molecule has 1 aromatic carbocycles. The summed E-state index contributed by atoms with van der Waals surface area (Å²) >= 11 is 1.97. The van der Waals surface area contributed by atoms with Crippen molar-refractivity contribution in [2.45, 2.75) is 12.0 Å². The first kappa shape index (κ1) is 10.0. The van der Waals surface area contributed by atoms with Crippen molar-refractivity contribution in [2.24, 2.45) is 5.73 Å². The molecule has 1 aliphatic rings. The maximum Gasteiger partial charge on any atom is 0.0912 e. The lowest BCUT2D eigenvalue weighted by Crippen LogP contribution is -2.17. The summed E-state index contributed by atoms with van der Waals surface area (Å²) in [5.74, 6) is 3.11. The highest BCUT2D eigenvalue weighted by atomic mass is 32.2. The lowest BCUT2D eigenvalue weighted by atomic mass is 9.98. The highest BCUT2D eigenvalue weighted by Gasteiger charge is 2.20. The van der Waals surface area contributed by atoms with E-state index >= 15 is 0 Å². The number of thioether (sulfide) groups is 1. The molecule has 3 heteroatoms. The number of nitrogens with two attached hydrogens (primary N) is 1. The fourth-order valence-corrected chi connectivity index (χ4v) is 2.44. The van der Waals surface area contributed by atoms with Gasteiger partial charge in [-0.25, -0.2) is 0 Å². The molecular weight excluding hydrogens is 194 g/mol. The minimum absolute atomic E-state index is 0.295. The van der Waals surface area contributed by atoms with Crippen molar-refractivity contribution < 1.29 is 5.11 Å². The van der Waals surface area contributed by atoms with Crippen LogP contribution >= 0.6 is 11.8 Å². The van der Waals surface area contributed by atoms with Crippen LogP contribution in [0.15, 0.2) is 24.3 Å². The van der Waals surface area contributed by atoms with Gasteiger partial charge in [-0.1, -0.05) is 24.3 Å². The van der Waals surface area contributed by atoms with Crippen LogP contribution < -0.4 is 5.73 Å². The molecule has 76 valence electrons. The summed E-state index contributed by atoms with van der Waals surface area (Å²) in [6, 6.07) is 8.17. The van der Waals surface area contributed by atoms with Gasteiger partial charge in [-0.15, -0.1) is 0 Å². The molecule has 0 aromatic heterocycles. The Morgan fingerprint density at radius 3 is 2.86 bits per heavy atom. The molecule has 1 aliphatic heterocycles. The highest BCUT2D eigenvalue weighted by Crippen LogP contribution is 2.34. The molecule has 2 nitrogen and oxygen atoms in total. The van der Waals surface area contributed by atoms with Gasteiger partial charge in [0.25, 0.3) is 0 Å². The molecule has 0 aliphatic carbocycles. The average molecular weight is 209 g/mol. The van der Waals surface area contributed by atoms with Gasteiger partial charge in [0.15, 0.2) is 0 Å². The van der Waals surface area contributed by atoms with E-state index in [0.29, 0.717) is 12.5 Å². The average Bonchev–Trinajstić information content (AvgIpc) is 2.14. The van der Waals surface area contributed by atoms with Gasteiger partial charge in [-0.3, -0.25) is 0 Å². The summed E-state index contributed by atoms with van der Waals surface area (Å²) in [4.78, 5) is 0. The Morgan fingerprint density at radius 1 is 1.50 bits per heavy atom. The second kappa shape index (κ2) is 4.34. The van der Waals surface area contributed by atoms with Crippen LogP contribution in [0.1, 0.15) is 23.1 Å². The first-order valence-corrected chi connectivity index (χ1v) is 6.02. The normalized spacial score (nSPS) is 19.0. The summed E-state index contributed by atoms with van der Waals surface area (Å²) in [5.41, 5.74) is 7.71. The lowest BCUT2D eigenvalue weighted by molar-refractivity contribution is 0.186. The van der Waals surface area contributed by atoms with Gasteiger partial charge in [-0.05, 0) is 11.1 Å². The van der Waals surface area contributed by atoms with Crippen LogP contribution in [-0.4, -0.2) is 23.2 Å². The van der Waals surface area contributed by atoms with E-state index in [4.69, 9.17) is 5.73 Å². The van der Waals surface area contributed by atoms with Crippen molar-refractivity contribution in [1.29, 1.82) is 0 Å². The minimum Gasteiger partial charge on any atom is -0.387 e. The molecule has 0 bridgehead atoms. The molecule has 1 heterocycles. The fraction of sp³-hybridized carbons (Fsp3) is 0.455. The third-order valence-corrected chi connectivity index (χ3v) is 3.90. The van der Waals surface area contributed by atoms with Gasteiger partial charge in [0.1, 0.15) is 0 Å². The third-order valence-electron chi connectivity index (χ3n) is 2.63. The molecule has 0 amide bonds. The van der Waals surface area contributed by atoms with Crippen LogP contribution in [0, 0.1) is 0 Å². The van der Waals surface area contributed by atoms with E-state index < -0.39 is 6.10 Å². The van der Waals surface area contributed by atoms with Gasteiger partial charge in [-0.2, -0.15) is 11.8 Å². The van der Waals surface area contributed by atoms with E-state index in [0.717, 1.165) is 5.56 Å². The minimum atomic E-state index is -0.511. The molecule has 0 spiro atoms. The molecule has 1 unspecified atom stereocenters. The van der Waals surface area contributed by atoms with E-state index in [9.17, 15) is 5.11 Å². The van der Waals surface area contributed by atoms with Crippen LogP contribution in [0.3, 0.4) is 0 Å². The second-order valence-electron chi connectivity index (χ2n) is 3.66. The molecule has 0 saturated carbocycles. The topological polar surface area (TPSA) is 46.2 Å². The molecule has 3 N–H and O–H groups in total. The molecule has 2 rings (SSSR count). The number of hydrogen-bond acceptors (Lipinski definition) is 3. The van der Waals surface area contributed by atoms with Gasteiger partial charge >= 0.3 is 0 Å². The Bertz CT molecular complexity index is 292. The Hall–Kier alpha value is -0.510. The van der Waals surface area contributed by atoms with Crippen molar-refractivity contribution >= 4 is 11.8 Å². The zero-order valence-electron chi connectivity index (χ0n) is 8.02. The van der Waals surface area contributed by atoms with Gasteiger partial charge in [0.05, 0.1) is 6.10 Å². The molecule has 1 atom stereocenters. The van der Waals surface area contributed by atoms with Gasteiger partial charge in [0.2, 0.25) is 0 Å². The van der Waals surface area contributed by atoms with E-state index in [1.165, 1.54) is 17.1 Å². The first-order chi connectivity index (χ1) is 6.81. The maximum atomic E-state index is 9.60. The van der Waals surface area contributed by atoms with Gasteiger partial charge in [0, 0.05) is 24.0 Å². The van der Waals surface area contributed by atoms with Crippen LogP contribution in [0.4, 0.5) is 0 Å². The first-order valence-electron chi connectivity index (χ1n) is 4.87. The van der Waals surface area contributed by atoms with E-state index in [-0.39, 0.29) is 0 Å². The monoisotopic (exact) mass is 209 g/mol.